The van der Waals surface area contributed by atoms with Gasteiger partial charge in [-0.15, -0.1) is 5.10 Å². The first-order valence-corrected chi connectivity index (χ1v) is 11.4. The lowest BCUT2D eigenvalue weighted by Gasteiger charge is -2.29. The van der Waals surface area contributed by atoms with Gasteiger partial charge in [-0.3, -0.25) is 0 Å². The number of nitrogens with zero attached hydrogens (tertiary/aromatic N) is 6. The number of rotatable bonds is 7. The number of halogens is 2. The van der Waals surface area contributed by atoms with Crippen LogP contribution in [0.1, 0.15) is 5.56 Å². The highest BCUT2D eigenvalue weighted by Gasteiger charge is 2.45. The van der Waals surface area contributed by atoms with E-state index < -0.39 is 11.9 Å². The standard InChI is InChI=1S/C22H22Cl2N8O3/c1-31-20(29-21(26)30-31)16-4-3-14(25)7-19(16)33-8-15-9-34-22(35-15,10-32-12-27-11-28-32)17-5-2-13(23)6-18(17)24/h2-7,11-12,15H,8-10,25H2,1H3,(H2,26,30). The summed E-state index contributed by atoms with van der Waals surface area (Å²) in [7, 11) is 1.75. The Hall–Kier alpha value is -3.38. The van der Waals surface area contributed by atoms with E-state index in [0.717, 1.165) is 0 Å². The minimum Gasteiger partial charge on any atom is -0.490 e. The zero-order chi connectivity index (χ0) is 24.6. The Bertz CT molecular complexity index is 1350. The molecule has 35 heavy (non-hydrogen) atoms. The molecular formula is C22H22Cl2N8O3. The molecule has 2 aromatic heterocycles. The van der Waals surface area contributed by atoms with Crippen molar-refractivity contribution < 1.29 is 14.2 Å². The number of aryl methyl sites for hydroxylation is 1. The van der Waals surface area contributed by atoms with Gasteiger partial charge in [-0.2, -0.15) is 10.1 Å². The second-order valence-electron chi connectivity index (χ2n) is 8.00. The molecule has 0 aliphatic carbocycles. The number of nitrogen functional groups attached to an aromatic ring is 2. The van der Waals surface area contributed by atoms with Crippen molar-refractivity contribution >= 4 is 34.8 Å². The molecule has 3 heterocycles. The second kappa shape index (κ2) is 9.34. The third kappa shape index (κ3) is 4.76. The minimum atomic E-state index is -1.21. The van der Waals surface area contributed by atoms with E-state index in [2.05, 4.69) is 20.2 Å². The Labute approximate surface area is 210 Å². The molecule has 4 aromatic rings. The molecule has 182 valence electrons. The number of aromatic nitrogens is 6. The van der Waals surface area contributed by atoms with Gasteiger partial charge in [0.2, 0.25) is 11.7 Å². The van der Waals surface area contributed by atoms with Crippen molar-refractivity contribution in [3.05, 3.63) is 64.7 Å². The van der Waals surface area contributed by atoms with Crippen LogP contribution in [0.4, 0.5) is 11.6 Å². The Morgan fingerprint density at radius 2 is 2.06 bits per heavy atom. The molecule has 13 heteroatoms. The highest BCUT2D eigenvalue weighted by Crippen LogP contribution is 2.41. The van der Waals surface area contributed by atoms with Crippen LogP contribution >= 0.6 is 23.2 Å². The number of benzene rings is 2. The van der Waals surface area contributed by atoms with E-state index in [1.807, 2.05) is 6.07 Å². The van der Waals surface area contributed by atoms with E-state index in [9.17, 15) is 0 Å². The lowest BCUT2D eigenvalue weighted by Crippen LogP contribution is -2.35. The summed E-state index contributed by atoms with van der Waals surface area (Å²) in [6.07, 6.45) is 2.59. The van der Waals surface area contributed by atoms with Gasteiger partial charge in [-0.25, -0.2) is 14.3 Å². The van der Waals surface area contributed by atoms with E-state index >= 15 is 0 Å². The van der Waals surface area contributed by atoms with E-state index in [-0.39, 0.29) is 25.7 Å². The van der Waals surface area contributed by atoms with Crippen molar-refractivity contribution in [3.63, 3.8) is 0 Å². The fourth-order valence-electron chi connectivity index (χ4n) is 3.95. The van der Waals surface area contributed by atoms with E-state index in [1.165, 1.54) is 6.33 Å². The summed E-state index contributed by atoms with van der Waals surface area (Å²) in [4.78, 5) is 8.29. The maximum Gasteiger partial charge on any atom is 0.240 e. The Morgan fingerprint density at radius 1 is 1.20 bits per heavy atom. The van der Waals surface area contributed by atoms with E-state index in [4.69, 9.17) is 48.9 Å². The summed E-state index contributed by atoms with van der Waals surface area (Å²) >= 11 is 12.6. The molecule has 2 aromatic carbocycles. The first-order chi connectivity index (χ1) is 16.8. The summed E-state index contributed by atoms with van der Waals surface area (Å²) in [6, 6.07) is 10.4. The Kier molecular flexibility index (Phi) is 6.24. The molecule has 11 nitrogen and oxygen atoms in total. The monoisotopic (exact) mass is 516 g/mol. The topological polar surface area (TPSA) is 141 Å². The van der Waals surface area contributed by atoms with Crippen molar-refractivity contribution in [2.75, 3.05) is 24.7 Å². The highest BCUT2D eigenvalue weighted by molar-refractivity contribution is 6.35. The average Bonchev–Trinajstić information content (AvgIpc) is 3.54. The van der Waals surface area contributed by atoms with Crippen LogP contribution in [0.2, 0.25) is 10.0 Å². The van der Waals surface area contributed by atoms with Crippen LogP contribution in [0, 0.1) is 0 Å². The van der Waals surface area contributed by atoms with Gasteiger partial charge in [-0.05, 0) is 24.3 Å². The average molecular weight is 517 g/mol. The Morgan fingerprint density at radius 3 is 2.77 bits per heavy atom. The highest BCUT2D eigenvalue weighted by atomic mass is 35.5. The third-order valence-electron chi connectivity index (χ3n) is 5.49. The fraction of sp³-hybridized carbons (Fsp3) is 0.273. The van der Waals surface area contributed by atoms with Crippen LogP contribution in [0.15, 0.2) is 49.1 Å². The quantitative estimate of drug-likeness (QED) is 0.354. The molecule has 4 N–H and O–H groups in total. The molecule has 0 amide bonds. The minimum absolute atomic E-state index is 0.163. The van der Waals surface area contributed by atoms with Crippen LogP contribution in [0.3, 0.4) is 0 Å². The molecule has 0 bridgehead atoms. The first kappa shape index (κ1) is 23.4. The van der Waals surface area contributed by atoms with Crippen molar-refractivity contribution in [1.82, 2.24) is 29.5 Å². The number of hydrogen-bond donors (Lipinski definition) is 2. The number of hydrogen-bond acceptors (Lipinski definition) is 9. The van der Waals surface area contributed by atoms with Gasteiger partial charge >= 0.3 is 0 Å². The van der Waals surface area contributed by atoms with Crippen LogP contribution in [-0.2, 0) is 28.9 Å². The summed E-state index contributed by atoms with van der Waals surface area (Å²) < 4.78 is 21.9. The fourth-order valence-corrected chi connectivity index (χ4v) is 4.50. The molecule has 1 aliphatic heterocycles. The lowest BCUT2D eigenvalue weighted by atomic mass is 10.1. The third-order valence-corrected chi connectivity index (χ3v) is 6.04. The maximum absolute atomic E-state index is 6.52. The smallest absolute Gasteiger partial charge is 0.240 e. The van der Waals surface area contributed by atoms with Crippen LogP contribution in [0.5, 0.6) is 5.75 Å². The largest absolute Gasteiger partial charge is 0.490 e. The maximum atomic E-state index is 6.52. The van der Waals surface area contributed by atoms with Crippen LogP contribution in [-0.4, -0.2) is 48.8 Å². The SMILES string of the molecule is Cn1nc(N)nc1-c1ccc(N)cc1OCC1COC(Cn2cncn2)(c2ccc(Cl)cc2Cl)O1. The van der Waals surface area contributed by atoms with Crippen molar-refractivity contribution in [2.24, 2.45) is 7.05 Å². The van der Waals surface area contributed by atoms with Crippen LogP contribution < -0.4 is 16.2 Å². The molecule has 0 radical (unpaired) electrons. The van der Waals surface area contributed by atoms with Gasteiger partial charge in [-0.1, -0.05) is 29.3 Å². The van der Waals surface area contributed by atoms with Gasteiger partial charge in [0.25, 0.3) is 0 Å². The zero-order valence-corrected chi connectivity index (χ0v) is 20.1. The van der Waals surface area contributed by atoms with E-state index in [1.54, 1.807) is 53.1 Å². The van der Waals surface area contributed by atoms with Gasteiger partial charge in [0.15, 0.2) is 5.82 Å². The molecular weight excluding hydrogens is 495 g/mol. The predicted octanol–water partition coefficient (Wildman–Crippen LogP) is 2.89. The normalized spacial score (nSPS) is 19.8. The number of anilines is 2. The summed E-state index contributed by atoms with van der Waals surface area (Å²) in [6.45, 7) is 0.656. The lowest BCUT2D eigenvalue weighted by molar-refractivity contribution is -0.190. The number of ether oxygens (including phenoxy) is 3. The van der Waals surface area contributed by atoms with Gasteiger partial charge < -0.3 is 25.7 Å². The zero-order valence-electron chi connectivity index (χ0n) is 18.6. The predicted molar refractivity (Wildman–Crippen MR) is 130 cm³/mol. The molecule has 0 saturated carbocycles. The molecule has 1 fully saturated rings. The van der Waals surface area contributed by atoms with Crippen molar-refractivity contribution in [3.8, 4) is 17.1 Å². The molecule has 2 unspecified atom stereocenters. The molecule has 0 spiro atoms. The van der Waals surface area contributed by atoms with Crippen molar-refractivity contribution in [1.29, 1.82) is 0 Å². The van der Waals surface area contributed by atoms with Crippen molar-refractivity contribution in [2.45, 2.75) is 18.4 Å². The van der Waals surface area contributed by atoms with Gasteiger partial charge in [0, 0.05) is 29.4 Å². The van der Waals surface area contributed by atoms with Gasteiger partial charge in [0.1, 0.15) is 37.7 Å². The van der Waals surface area contributed by atoms with Gasteiger partial charge in [0.05, 0.1) is 17.2 Å². The molecule has 1 saturated heterocycles. The molecule has 5 rings (SSSR count). The summed E-state index contributed by atoms with van der Waals surface area (Å²) in [5, 5.41) is 9.21. The summed E-state index contributed by atoms with van der Waals surface area (Å²) in [5.41, 5.74) is 13.6. The van der Waals surface area contributed by atoms with E-state index in [0.29, 0.717) is 38.4 Å². The first-order valence-electron chi connectivity index (χ1n) is 10.6. The second-order valence-corrected chi connectivity index (χ2v) is 8.85. The summed E-state index contributed by atoms with van der Waals surface area (Å²) in [5.74, 6) is 0.0208. The molecule has 1 aliphatic rings. The van der Waals surface area contributed by atoms with Crippen LogP contribution in [0.25, 0.3) is 11.4 Å². The number of nitrogens with two attached hydrogens (primary N) is 2. The Balaban J connectivity index is 1.39. The molecule has 2 atom stereocenters.